The maximum atomic E-state index is 4.66. The lowest BCUT2D eigenvalue weighted by molar-refractivity contribution is 0.425. The first kappa shape index (κ1) is 14.7. The van der Waals surface area contributed by atoms with E-state index >= 15 is 0 Å². The Kier molecular flexibility index (Phi) is 4.71. The first-order chi connectivity index (χ1) is 10.3. The number of aryl methyl sites for hydroxylation is 2. The van der Waals surface area contributed by atoms with Crippen molar-refractivity contribution in [3.63, 3.8) is 0 Å². The number of hydrogen-bond acceptors (Lipinski definition) is 3. The van der Waals surface area contributed by atoms with Gasteiger partial charge in [-0.3, -0.25) is 0 Å². The third-order valence-corrected chi connectivity index (χ3v) is 5.37. The molecular formula is C18H24N2S. The van der Waals surface area contributed by atoms with Crippen molar-refractivity contribution in [1.82, 2.24) is 10.3 Å². The Balaban J connectivity index is 1.79. The molecule has 1 N–H and O–H groups in total. The van der Waals surface area contributed by atoms with E-state index in [1.807, 2.05) is 0 Å². The first-order valence-corrected chi connectivity index (χ1v) is 8.88. The van der Waals surface area contributed by atoms with Crippen molar-refractivity contribution in [2.75, 3.05) is 6.54 Å². The summed E-state index contributed by atoms with van der Waals surface area (Å²) in [6, 6.07) is 9.47. The van der Waals surface area contributed by atoms with Gasteiger partial charge in [-0.25, -0.2) is 4.98 Å². The van der Waals surface area contributed by atoms with Crippen molar-refractivity contribution in [1.29, 1.82) is 0 Å². The fourth-order valence-electron chi connectivity index (χ4n) is 3.38. The Morgan fingerprint density at radius 3 is 3.00 bits per heavy atom. The Morgan fingerprint density at radius 1 is 1.38 bits per heavy atom. The standard InChI is InChI=1S/C18H24N2S/c1-3-10-19-17(11-18-20-13(2)12-21-18)16-9-8-14-6-4-5-7-15(14)16/h4-7,12,16-17,19H,3,8-11H2,1-2H3. The molecular weight excluding hydrogens is 276 g/mol. The second-order valence-corrected chi connectivity index (χ2v) is 6.93. The SMILES string of the molecule is CCCNC(Cc1nc(C)cs1)C1CCc2ccccc21. The highest BCUT2D eigenvalue weighted by Gasteiger charge is 2.29. The molecule has 3 rings (SSSR count). The maximum Gasteiger partial charge on any atom is 0.0943 e. The molecule has 0 radical (unpaired) electrons. The topological polar surface area (TPSA) is 24.9 Å². The number of fused-ring (bicyclic) bond motifs is 1. The quantitative estimate of drug-likeness (QED) is 0.869. The molecule has 0 aliphatic heterocycles. The number of aromatic nitrogens is 1. The molecule has 0 spiro atoms. The summed E-state index contributed by atoms with van der Waals surface area (Å²) >= 11 is 1.80. The molecule has 2 atom stereocenters. The van der Waals surface area contributed by atoms with Crippen molar-refractivity contribution in [3.8, 4) is 0 Å². The molecule has 0 saturated carbocycles. The highest BCUT2D eigenvalue weighted by molar-refractivity contribution is 7.09. The van der Waals surface area contributed by atoms with E-state index in [-0.39, 0.29) is 0 Å². The molecule has 1 aliphatic carbocycles. The predicted molar refractivity (Wildman–Crippen MR) is 90.1 cm³/mol. The van der Waals surface area contributed by atoms with Crippen LogP contribution in [-0.2, 0) is 12.8 Å². The number of benzene rings is 1. The molecule has 3 heteroatoms. The zero-order valence-electron chi connectivity index (χ0n) is 12.9. The Bertz CT molecular complexity index is 590. The van der Waals surface area contributed by atoms with Crippen molar-refractivity contribution in [2.24, 2.45) is 0 Å². The largest absolute Gasteiger partial charge is 0.313 e. The molecule has 2 unspecified atom stereocenters. The Hall–Kier alpha value is -1.19. The predicted octanol–water partition coefficient (Wildman–Crippen LogP) is 4.09. The summed E-state index contributed by atoms with van der Waals surface area (Å²) in [7, 11) is 0. The van der Waals surface area contributed by atoms with Crippen LogP contribution in [0.3, 0.4) is 0 Å². The van der Waals surface area contributed by atoms with E-state index < -0.39 is 0 Å². The van der Waals surface area contributed by atoms with Crippen LogP contribution in [0.2, 0.25) is 0 Å². The molecule has 112 valence electrons. The van der Waals surface area contributed by atoms with E-state index in [4.69, 9.17) is 0 Å². The molecule has 2 nitrogen and oxygen atoms in total. The van der Waals surface area contributed by atoms with Gasteiger partial charge in [0.1, 0.15) is 0 Å². The van der Waals surface area contributed by atoms with Crippen molar-refractivity contribution in [3.05, 3.63) is 51.5 Å². The van der Waals surface area contributed by atoms with Gasteiger partial charge in [0, 0.05) is 29.5 Å². The zero-order chi connectivity index (χ0) is 14.7. The van der Waals surface area contributed by atoms with Crippen LogP contribution in [0.5, 0.6) is 0 Å². The molecule has 0 bridgehead atoms. The van der Waals surface area contributed by atoms with Crippen molar-refractivity contribution < 1.29 is 0 Å². The third kappa shape index (κ3) is 3.35. The van der Waals surface area contributed by atoms with Crippen LogP contribution in [0, 0.1) is 6.92 Å². The lowest BCUT2D eigenvalue weighted by atomic mass is 9.91. The molecule has 0 fully saturated rings. The summed E-state index contributed by atoms with van der Waals surface area (Å²) in [5, 5.41) is 7.21. The van der Waals surface area contributed by atoms with Gasteiger partial charge < -0.3 is 5.32 Å². The summed E-state index contributed by atoms with van der Waals surface area (Å²) in [4.78, 5) is 4.66. The highest BCUT2D eigenvalue weighted by Crippen LogP contribution is 2.36. The summed E-state index contributed by atoms with van der Waals surface area (Å²) in [5.74, 6) is 0.636. The summed E-state index contributed by atoms with van der Waals surface area (Å²) in [6.07, 6.45) is 4.73. The van der Waals surface area contributed by atoms with Gasteiger partial charge in [0.05, 0.1) is 5.01 Å². The van der Waals surface area contributed by atoms with Crippen LogP contribution in [-0.4, -0.2) is 17.6 Å². The first-order valence-electron chi connectivity index (χ1n) is 8.00. The van der Waals surface area contributed by atoms with Crippen LogP contribution in [0.25, 0.3) is 0 Å². The number of thiazole rings is 1. The molecule has 2 aromatic rings. The fourth-order valence-corrected chi connectivity index (χ4v) is 4.21. The number of nitrogens with zero attached hydrogens (tertiary/aromatic N) is 1. The van der Waals surface area contributed by atoms with Crippen molar-refractivity contribution >= 4 is 11.3 Å². The van der Waals surface area contributed by atoms with Crippen LogP contribution >= 0.6 is 11.3 Å². The second kappa shape index (κ2) is 6.71. The summed E-state index contributed by atoms with van der Waals surface area (Å²) in [6.45, 7) is 5.41. The molecule has 0 amide bonds. The van der Waals surface area contributed by atoms with E-state index in [2.05, 4.69) is 53.8 Å². The molecule has 1 aliphatic rings. The molecule has 0 saturated heterocycles. The van der Waals surface area contributed by atoms with Crippen LogP contribution in [0.1, 0.15) is 47.5 Å². The summed E-state index contributed by atoms with van der Waals surface area (Å²) < 4.78 is 0. The van der Waals surface area contributed by atoms with Crippen LogP contribution < -0.4 is 5.32 Å². The average Bonchev–Trinajstić information content (AvgIpc) is 3.09. The van der Waals surface area contributed by atoms with E-state index in [0.29, 0.717) is 12.0 Å². The number of nitrogens with one attached hydrogen (secondary N) is 1. The molecule has 1 aromatic heterocycles. The monoisotopic (exact) mass is 300 g/mol. The minimum absolute atomic E-state index is 0.513. The Morgan fingerprint density at radius 2 is 2.24 bits per heavy atom. The lowest BCUT2D eigenvalue weighted by Gasteiger charge is -2.25. The third-order valence-electron chi connectivity index (χ3n) is 4.38. The van der Waals surface area contributed by atoms with Gasteiger partial charge in [-0.15, -0.1) is 11.3 Å². The van der Waals surface area contributed by atoms with Gasteiger partial charge >= 0.3 is 0 Å². The lowest BCUT2D eigenvalue weighted by Crippen LogP contribution is -2.36. The normalized spacial score (nSPS) is 18.7. The second-order valence-electron chi connectivity index (χ2n) is 5.99. The van der Waals surface area contributed by atoms with Gasteiger partial charge in [-0.05, 0) is 43.9 Å². The fraction of sp³-hybridized carbons (Fsp3) is 0.500. The number of rotatable bonds is 6. The maximum absolute atomic E-state index is 4.66. The molecule has 1 heterocycles. The van der Waals surface area contributed by atoms with Crippen LogP contribution in [0.4, 0.5) is 0 Å². The molecule has 1 aromatic carbocycles. The zero-order valence-corrected chi connectivity index (χ0v) is 13.7. The Labute approximate surface area is 131 Å². The van der Waals surface area contributed by atoms with Crippen LogP contribution in [0.15, 0.2) is 29.6 Å². The highest BCUT2D eigenvalue weighted by atomic mass is 32.1. The molecule has 21 heavy (non-hydrogen) atoms. The number of hydrogen-bond donors (Lipinski definition) is 1. The van der Waals surface area contributed by atoms with E-state index in [1.54, 1.807) is 22.5 Å². The minimum atomic E-state index is 0.513. The smallest absolute Gasteiger partial charge is 0.0943 e. The van der Waals surface area contributed by atoms with Gasteiger partial charge in [-0.2, -0.15) is 0 Å². The average molecular weight is 300 g/mol. The van der Waals surface area contributed by atoms with Gasteiger partial charge in [0.2, 0.25) is 0 Å². The van der Waals surface area contributed by atoms with Gasteiger partial charge in [0.25, 0.3) is 0 Å². The van der Waals surface area contributed by atoms with E-state index in [1.165, 1.54) is 24.3 Å². The van der Waals surface area contributed by atoms with Gasteiger partial charge in [0.15, 0.2) is 0 Å². The minimum Gasteiger partial charge on any atom is -0.313 e. The van der Waals surface area contributed by atoms with E-state index in [0.717, 1.165) is 18.7 Å². The summed E-state index contributed by atoms with van der Waals surface area (Å²) in [5.41, 5.74) is 4.25. The van der Waals surface area contributed by atoms with Crippen molar-refractivity contribution in [2.45, 2.75) is 51.5 Å². The van der Waals surface area contributed by atoms with E-state index in [9.17, 15) is 0 Å². The van der Waals surface area contributed by atoms with Gasteiger partial charge in [-0.1, -0.05) is 31.2 Å².